The zero-order chi connectivity index (χ0) is 5.98. The number of aromatic hydroxyl groups is 2. The maximum Gasteiger partial charge on any atom is 0.157 e. The van der Waals surface area contributed by atoms with Crippen LogP contribution in [0.25, 0.3) is 0 Å². The summed E-state index contributed by atoms with van der Waals surface area (Å²) in [6, 6.07) is 6.15. The molecule has 0 spiro atoms. The molecule has 0 aliphatic carbocycles. The van der Waals surface area contributed by atoms with Gasteiger partial charge in [0.25, 0.3) is 0 Å². The summed E-state index contributed by atoms with van der Waals surface area (Å²) in [6.45, 7) is 0. The second-order valence-electron chi connectivity index (χ2n) is 1.49. The van der Waals surface area contributed by atoms with Crippen LogP contribution in [0.2, 0.25) is 0 Å². The summed E-state index contributed by atoms with van der Waals surface area (Å²) >= 11 is 0. The predicted octanol–water partition coefficient (Wildman–Crippen LogP) is -2.20. The standard InChI is InChI=1S/C6H6O2.4H2O/c7-5-3-1-2-4-6(5)8;;;;/h1-4,7-8H;4*1H2. The van der Waals surface area contributed by atoms with Gasteiger partial charge in [0.15, 0.2) is 11.5 Å². The largest absolute Gasteiger partial charge is 0.504 e. The Morgan fingerprint density at radius 1 is 0.667 bits per heavy atom. The van der Waals surface area contributed by atoms with Crippen molar-refractivity contribution in [2.24, 2.45) is 0 Å². The van der Waals surface area contributed by atoms with E-state index in [1.54, 1.807) is 12.1 Å². The van der Waals surface area contributed by atoms with Crippen molar-refractivity contribution >= 4 is 0 Å². The maximum atomic E-state index is 8.67. The van der Waals surface area contributed by atoms with Crippen LogP contribution in [-0.4, -0.2) is 32.1 Å². The number of para-hydroxylation sites is 2. The first-order valence-electron chi connectivity index (χ1n) is 2.27. The van der Waals surface area contributed by atoms with Gasteiger partial charge >= 0.3 is 0 Å². The van der Waals surface area contributed by atoms with Crippen molar-refractivity contribution in [3.8, 4) is 11.5 Å². The number of phenols is 2. The molecule has 1 rings (SSSR count). The Hall–Kier alpha value is -1.34. The van der Waals surface area contributed by atoms with E-state index in [1.807, 2.05) is 0 Å². The van der Waals surface area contributed by atoms with Crippen molar-refractivity contribution in [2.45, 2.75) is 0 Å². The fraction of sp³-hybridized carbons (Fsp3) is 0. The first kappa shape index (κ1) is 22.4. The summed E-state index contributed by atoms with van der Waals surface area (Å²) in [4.78, 5) is 0. The molecule has 0 amide bonds. The van der Waals surface area contributed by atoms with E-state index in [0.717, 1.165) is 0 Å². The summed E-state index contributed by atoms with van der Waals surface area (Å²) in [5.41, 5.74) is 0. The highest BCUT2D eigenvalue weighted by Gasteiger charge is 1.90. The molecule has 0 saturated heterocycles. The zero-order valence-electron chi connectivity index (χ0n) is 6.20. The Morgan fingerprint density at radius 3 is 1.08 bits per heavy atom. The van der Waals surface area contributed by atoms with Crippen LogP contribution in [0, 0.1) is 0 Å². The molecule has 0 fully saturated rings. The summed E-state index contributed by atoms with van der Waals surface area (Å²) in [5, 5.41) is 17.3. The molecule has 0 heterocycles. The van der Waals surface area contributed by atoms with E-state index in [4.69, 9.17) is 10.2 Å². The molecular weight excluding hydrogens is 168 g/mol. The smallest absolute Gasteiger partial charge is 0.157 e. The van der Waals surface area contributed by atoms with Gasteiger partial charge in [0.05, 0.1) is 0 Å². The number of hydrogen-bond acceptors (Lipinski definition) is 2. The van der Waals surface area contributed by atoms with Crippen molar-refractivity contribution in [3.05, 3.63) is 24.3 Å². The highest BCUT2D eigenvalue weighted by atomic mass is 16.3. The summed E-state index contributed by atoms with van der Waals surface area (Å²) in [5.74, 6) is -0.153. The third-order valence-electron chi connectivity index (χ3n) is 0.882. The zero-order valence-corrected chi connectivity index (χ0v) is 6.20. The van der Waals surface area contributed by atoms with Gasteiger partial charge in [-0.1, -0.05) is 12.1 Å². The summed E-state index contributed by atoms with van der Waals surface area (Å²) in [7, 11) is 0. The van der Waals surface area contributed by atoms with Gasteiger partial charge in [-0.25, -0.2) is 0 Å². The van der Waals surface area contributed by atoms with E-state index in [2.05, 4.69) is 0 Å². The van der Waals surface area contributed by atoms with E-state index in [9.17, 15) is 0 Å². The molecule has 0 atom stereocenters. The van der Waals surface area contributed by atoms with E-state index in [0.29, 0.717) is 0 Å². The lowest BCUT2D eigenvalue weighted by Gasteiger charge is -1.91. The SMILES string of the molecule is O.O.O.O.Oc1ccccc1O. The average Bonchev–Trinajstić information content (AvgIpc) is 1.77. The quantitative estimate of drug-likeness (QED) is 0.434. The van der Waals surface area contributed by atoms with Gasteiger partial charge in [0, 0.05) is 0 Å². The van der Waals surface area contributed by atoms with Crippen LogP contribution in [0.1, 0.15) is 0 Å². The van der Waals surface area contributed by atoms with Gasteiger partial charge in [-0.3, -0.25) is 0 Å². The molecule has 0 radical (unpaired) electrons. The van der Waals surface area contributed by atoms with E-state index in [1.165, 1.54) is 12.1 Å². The minimum absolute atomic E-state index is 0. The number of benzene rings is 1. The van der Waals surface area contributed by atoms with Crippen LogP contribution in [0.15, 0.2) is 24.3 Å². The van der Waals surface area contributed by atoms with Gasteiger partial charge in [0.2, 0.25) is 0 Å². The van der Waals surface area contributed by atoms with Crippen LogP contribution in [0.3, 0.4) is 0 Å². The number of hydrogen-bond donors (Lipinski definition) is 2. The Labute approximate surface area is 68.9 Å². The lowest BCUT2D eigenvalue weighted by atomic mass is 10.3. The highest BCUT2D eigenvalue weighted by molar-refractivity contribution is 5.36. The Balaban J connectivity index is -0.0000000800. The fourth-order valence-corrected chi connectivity index (χ4v) is 0.464. The summed E-state index contributed by atoms with van der Waals surface area (Å²) in [6.07, 6.45) is 0. The average molecular weight is 182 g/mol. The van der Waals surface area contributed by atoms with E-state index in [-0.39, 0.29) is 33.4 Å². The second kappa shape index (κ2) is 9.66. The molecular formula is C6H14O6. The molecule has 0 saturated carbocycles. The summed E-state index contributed by atoms with van der Waals surface area (Å²) < 4.78 is 0. The molecule has 1 aromatic carbocycles. The number of phenolic OH excluding ortho intramolecular Hbond substituents is 2. The predicted molar refractivity (Wildman–Crippen MR) is 44.2 cm³/mol. The van der Waals surface area contributed by atoms with Crippen molar-refractivity contribution in [3.63, 3.8) is 0 Å². The lowest BCUT2D eigenvalue weighted by molar-refractivity contribution is 0.404. The normalized spacial score (nSPS) is 6.00. The third-order valence-corrected chi connectivity index (χ3v) is 0.882. The molecule has 0 aliphatic rings. The van der Waals surface area contributed by atoms with Crippen LogP contribution < -0.4 is 0 Å². The molecule has 1 aromatic rings. The first-order chi connectivity index (χ1) is 3.80. The van der Waals surface area contributed by atoms with Gasteiger partial charge < -0.3 is 32.1 Å². The van der Waals surface area contributed by atoms with Crippen LogP contribution in [-0.2, 0) is 0 Å². The molecule has 10 N–H and O–H groups in total. The van der Waals surface area contributed by atoms with Gasteiger partial charge in [-0.05, 0) is 12.1 Å². The first-order valence-corrected chi connectivity index (χ1v) is 2.27. The fourth-order valence-electron chi connectivity index (χ4n) is 0.464. The highest BCUT2D eigenvalue weighted by Crippen LogP contribution is 2.21. The van der Waals surface area contributed by atoms with E-state index >= 15 is 0 Å². The molecule has 0 aromatic heterocycles. The van der Waals surface area contributed by atoms with Crippen LogP contribution in [0.4, 0.5) is 0 Å². The van der Waals surface area contributed by atoms with Gasteiger partial charge in [-0.2, -0.15) is 0 Å². The minimum atomic E-state index is -0.0764. The Bertz CT molecular complexity index is 168. The number of rotatable bonds is 0. The molecule has 6 heteroatoms. The molecule has 0 aliphatic heterocycles. The third kappa shape index (κ3) is 5.45. The van der Waals surface area contributed by atoms with Crippen molar-refractivity contribution in [2.75, 3.05) is 0 Å². The molecule has 0 unspecified atom stereocenters. The maximum absolute atomic E-state index is 8.67. The van der Waals surface area contributed by atoms with Crippen molar-refractivity contribution < 1.29 is 32.1 Å². The lowest BCUT2D eigenvalue weighted by Crippen LogP contribution is -1.63. The molecule has 0 bridgehead atoms. The molecule has 6 nitrogen and oxygen atoms in total. The van der Waals surface area contributed by atoms with E-state index < -0.39 is 0 Å². The van der Waals surface area contributed by atoms with Crippen molar-refractivity contribution in [1.29, 1.82) is 0 Å². The monoisotopic (exact) mass is 182 g/mol. The minimum Gasteiger partial charge on any atom is -0.504 e. The Morgan fingerprint density at radius 2 is 0.917 bits per heavy atom. The Kier molecular flexibility index (Phi) is 18.1. The molecule has 12 heavy (non-hydrogen) atoms. The molecule has 74 valence electrons. The van der Waals surface area contributed by atoms with Crippen LogP contribution in [0.5, 0.6) is 11.5 Å². The van der Waals surface area contributed by atoms with Crippen LogP contribution >= 0.6 is 0 Å². The van der Waals surface area contributed by atoms with Gasteiger partial charge in [-0.15, -0.1) is 0 Å². The van der Waals surface area contributed by atoms with Gasteiger partial charge in [0.1, 0.15) is 0 Å². The van der Waals surface area contributed by atoms with Crippen molar-refractivity contribution in [1.82, 2.24) is 0 Å². The second-order valence-corrected chi connectivity index (χ2v) is 1.49. The topological polar surface area (TPSA) is 166 Å².